The Labute approximate surface area is 158 Å². The van der Waals surface area contributed by atoms with Gasteiger partial charge in [0.25, 0.3) is 5.91 Å². The summed E-state index contributed by atoms with van der Waals surface area (Å²) in [5.41, 5.74) is -0.0975. The number of nitrogens with zero attached hydrogens (tertiary/aromatic N) is 2. The van der Waals surface area contributed by atoms with Gasteiger partial charge in [-0.15, -0.1) is 0 Å². The van der Waals surface area contributed by atoms with E-state index in [2.05, 4.69) is 20.8 Å². The molecule has 7 nitrogen and oxygen atoms in total. The van der Waals surface area contributed by atoms with Crippen molar-refractivity contribution in [1.82, 2.24) is 20.8 Å². The van der Waals surface area contributed by atoms with Crippen LogP contribution in [0.15, 0.2) is 34.9 Å². The second-order valence-electron chi connectivity index (χ2n) is 7.48. The Morgan fingerprint density at radius 3 is 2.37 bits per heavy atom. The van der Waals surface area contributed by atoms with Crippen LogP contribution in [0.2, 0.25) is 0 Å². The number of aryl methyl sites for hydroxylation is 1. The van der Waals surface area contributed by atoms with Gasteiger partial charge in [-0.1, -0.05) is 50.0 Å². The van der Waals surface area contributed by atoms with Crippen molar-refractivity contribution in [2.45, 2.75) is 58.0 Å². The molecule has 1 atom stereocenters. The molecule has 2 N–H and O–H groups in total. The molecule has 1 fully saturated rings. The van der Waals surface area contributed by atoms with Crippen molar-refractivity contribution in [3.8, 4) is 0 Å². The lowest BCUT2D eigenvalue weighted by Gasteiger charge is -2.30. The molecule has 1 unspecified atom stereocenters. The fourth-order valence-corrected chi connectivity index (χ4v) is 3.54. The Morgan fingerprint density at radius 2 is 1.81 bits per heavy atom. The molecule has 1 aliphatic rings. The molecule has 3 rings (SSSR count). The summed E-state index contributed by atoms with van der Waals surface area (Å²) in [5.74, 6) is 0.438. The third-order valence-corrected chi connectivity index (χ3v) is 5.05. The summed E-state index contributed by atoms with van der Waals surface area (Å²) < 4.78 is 5.13. The molecule has 0 bridgehead atoms. The predicted molar refractivity (Wildman–Crippen MR) is 99.9 cm³/mol. The van der Waals surface area contributed by atoms with Crippen LogP contribution in [0.4, 0.5) is 0 Å². The largest absolute Gasteiger partial charge is 0.341 e. The zero-order chi connectivity index (χ0) is 19.4. The molecule has 0 aliphatic heterocycles. The van der Waals surface area contributed by atoms with Crippen molar-refractivity contribution in [3.63, 3.8) is 0 Å². The molecule has 1 aromatic carbocycles. The van der Waals surface area contributed by atoms with Gasteiger partial charge in [0.1, 0.15) is 11.6 Å². The molecule has 7 heteroatoms. The van der Waals surface area contributed by atoms with Crippen LogP contribution in [-0.4, -0.2) is 28.0 Å². The maximum Gasteiger partial charge on any atom is 0.251 e. The highest BCUT2D eigenvalue weighted by Crippen LogP contribution is 2.37. The fraction of sp³-hybridized carbons (Fsp3) is 0.500. The summed E-state index contributed by atoms with van der Waals surface area (Å²) >= 11 is 0. The number of rotatable bonds is 6. The molecule has 27 heavy (non-hydrogen) atoms. The van der Waals surface area contributed by atoms with Crippen LogP contribution < -0.4 is 10.6 Å². The highest BCUT2D eigenvalue weighted by Gasteiger charge is 2.42. The number of amides is 2. The maximum absolute atomic E-state index is 13.1. The summed E-state index contributed by atoms with van der Waals surface area (Å²) in [6, 6.07) is 8.25. The molecular formula is C20H26N4O3. The van der Waals surface area contributed by atoms with Gasteiger partial charge in [-0.25, -0.2) is 0 Å². The lowest BCUT2D eigenvalue weighted by molar-refractivity contribution is -0.126. The number of nitrogens with one attached hydrogen (secondary N) is 2. The highest BCUT2D eigenvalue weighted by atomic mass is 16.5. The van der Waals surface area contributed by atoms with Crippen molar-refractivity contribution in [2.75, 3.05) is 0 Å². The minimum atomic E-state index is -0.650. The van der Waals surface area contributed by atoms with E-state index in [-0.39, 0.29) is 17.7 Å². The molecule has 1 saturated carbocycles. The monoisotopic (exact) mass is 370 g/mol. The minimum Gasteiger partial charge on any atom is -0.341 e. The molecular weight excluding hydrogens is 344 g/mol. The first kappa shape index (κ1) is 19.1. The Bertz CT molecular complexity index is 795. The maximum atomic E-state index is 13.1. The first-order valence-electron chi connectivity index (χ1n) is 9.40. The van der Waals surface area contributed by atoms with E-state index in [1.807, 2.05) is 19.9 Å². The highest BCUT2D eigenvalue weighted by molar-refractivity contribution is 5.97. The molecule has 2 amide bonds. The third kappa shape index (κ3) is 4.18. The zero-order valence-corrected chi connectivity index (χ0v) is 16.0. The Kier molecular flexibility index (Phi) is 5.58. The van der Waals surface area contributed by atoms with Gasteiger partial charge in [0.2, 0.25) is 11.8 Å². The third-order valence-electron chi connectivity index (χ3n) is 5.05. The molecule has 1 aliphatic carbocycles. The number of hydrogen-bond donors (Lipinski definition) is 2. The molecule has 2 aromatic rings. The van der Waals surface area contributed by atoms with Gasteiger partial charge in [0.05, 0.1) is 0 Å². The van der Waals surface area contributed by atoms with Crippen LogP contribution >= 0.6 is 0 Å². The molecule has 144 valence electrons. The summed E-state index contributed by atoms with van der Waals surface area (Å²) in [6.45, 7) is 5.56. The van der Waals surface area contributed by atoms with Crippen LogP contribution in [0.25, 0.3) is 0 Å². The predicted octanol–water partition coefficient (Wildman–Crippen LogP) is 2.72. The standard InChI is InChI=1S/C20H26N4O3/c1-13(2)16(22-17(25)15-9-5-4-6-10-15)18(26)23-20(11-7-8-12-20)19-21-14(3)27-24-19/h4-6,9-10,13,16H,7-8,11-12H2,1-3H3,(H,22,25)(H,23,26). The first-order valence-corrected chi connectivity index (χ1v) is 9.40. The van der Waals surface area contributed by atoms with Crippen LogP contribution in [0, 0.1) is 12.8 Å². The van der Waals surface area contributed by atoms with Crippen molar-refractivity contribution in [3.05, 3.63) is 47.6 Å². The summed E-state index contributed by atoms with van der Waals surface area (Å²) in [5, 5.41) is 10.0. The van der Waals surface area contributed by atoms with E-state index in [1.54, 1.807) is 31.2 Å². The van der Waals surface area contributed by atoms with Gasteiger partial charge < -0.3 is 15.2 Å². The number of carbonyl (C=O) groups excluding carboxylic acids is 2. The van der Waals surface area contributed by atoms with Crippen LogP contribution in [0.3, 0.4) is 0 Å². The van der Waals surface area contributed by atoms with Gasteiger partial charge in [-0.2, -0.15) is 4.98 Å². The fourth-order valence-electron chi connectivity index (χ4n) is 3.54. The zero-order valence-electron chi connectivity index (χ0n) is 16.0. The van der Waals surface area contributed by atoms with Gasteiger partial charge in [-0.3, -0.25) is 9.59 Å². The van der Waals surface area contributed by atoms with Gasteiger partial charge >= 0.3 is 0 Å². The van der Waals surface area contributed by atoms with Gasteiger partial charge in [0.15, 0.2) is 5.82 Å². The molecule has 0 spiro atoms. The Hall–Kier alpha value is -2.70. The number of carbonyl (C=O) groups is 2. The van der Waals surface area contributed by atoms with E-state index in [4.69, 9.17) is 4.52 Å². The average Bonchev–Trinajstić information content (AvgIpc) is 3.29. The van der Waals surface area contributed by atoms with E-state index < -0.39 is 11.6 Å². The molecule has 0 saturated heterocycles. The van der Waals surface area contributed by atoms with E-state index >= 15 is 0 Å². The second kappa shape index (κ2) is 7.90. The SMILES string of the molecule is Cc1nc(C2(NC(=O)C(NC(=O)c3ccccc3)C(C)C)CCCC2)no1. The minimum absolute atomic E-state index is 0.0666. The van der Waals surface area contributed by atoms with E-state index in [9.17, 15) is 9.59 Å². The normalized spacial score (nSPS) is 16.9. The lowest BCUT2D eigenvalue weighted by Crippen LogP contribution is -2.55. The van der Waals surface area contributed by atoms with Crippen molar-refractivity contribution in [1.29, 1.82) is 0 Å². The average molecular weight is 370 g/mol. The summed E-state index contributed by atoms with van der Waals surface area (Å²) in [6.07, 6.45) is 3.48. The lowest BCUT2D eigenvalue weighted by atomic mass is 9.94. The molecule has 1 aromatic heterocycles. The number of benzene rings is 1. The summed E-state index contributed by atoms with van der Waals surface area (Å²) in [4.78, 5) is 30.0. The Morgan fingerprint density at radius 1 is 1.15 bits per heavy atom. The van der Waals surface area contributed by atoms with E-state index in [1.165, 1.54) is 0 Å². The smallest absolute Gasteiger partial charge is 0.251 e. The van der Waals surface area contributed by atoms with E-state index in [0.29, 0.717) is 17.3 Å². The van der Waals surface area contributed by atoms with Crippen molar-refractivity contribution < 1.29 is 14.1 Å². The van der Waals surface area contributed by atoms with E-state index in [0.717, 1.165) is 25.7 Å². The summed E-state index contributed by atoms with van der Waals surface area (Å²) in [7, 11) is 0. The van der Waals surface area contributed by atoms with Gasteiger partial charge in [-0.05, 0) is 30.9 Å². The molecule has 0 radical (unpaired) electrons. The van der Waals surface area contributed by atoms with Crippen LogP contribution in [0.5, 0.6) is 0 Å². The van der Waals surface area contributed by atoms with Crippen LogP contribution in [-0.2, 0) is 10.3 Å². The first-order chi connectivity index (χ1) is 12.9. The quantitative estimate of drug-likeness (QED) is 0.815. The van der Waals surface area contributed by atoms with Crippen molar-refractivity contribution >= 4 is 11.8 Å². The van der Waals surface area contributed by atoms with Crippen LogP contribution in [0.1, 0.15) is 61.6 Å². The topological polar surface area (TPSA) is 97.1 Å². The Balaban J connectivity index is 1.77. The van der Waals surface area contributed by atoms with Gasteiger partial charge in [0, 0.05) is 12.5 Å². The number of hydrogen-bond acceptors (Lipinski definition) is 5. The number of aromatic nitrogens is 2. The van der Waals surface area contributed by atoms with Crippen molar-refractivity contribution in [2.24, 2.45) is 5.92 Å². The second-order valence-corrected chi connectivity index (χ2v) is 7.48. The molecule has 1 heterocycles.